The Morgan fingerprint density at radius 2 is 1.62 bits per heavy atom. The number of imidazole rings is 1. The SMILES string of the molecule is COCC(=O)C(C)(C)n1cc(-c2ccn3c(-c4cc(OC)c(C(=O)CCC(F)(F)F)c(OC)c4)cnc3c2)cn1. The maximum absolute atomic E-state index is 12.7. The number of halogens is 3. The zero-order valence-corrected chi connectivity index (χ0v) is 22.7. The molecule has 0 aliphatic heterocycles. The van der Waals surface area contributed by atoms with Crippen LogP contribution in [0, 0.1) is 0 Å². The van der Waals surface area contributed by atoms with Gasteiger partial charge in [0.15, 0.2) is 11.6 Å². The van der Waals surface area contributed by atoms with Gasteiger partial charge in [0.2, 0.25) is 0 Å². The van der Waals surface area contributed by atoms with Crippen molar-refractivity contribution in [3.05, 3.63) is 54.6 Å². The Hall–Kier alpha value is -4.19. The number of ether oxygens (including phenoxy) is 3. The van der Waals surface area contributed by atoms with E-state index in [1.165, 1.54) is 21.3 Å². The predicted octanol–water partition coefficient (Wildman–Crippen LogP) is 5.36. The number of aromatic nitrogens is 4. The highest BCUT2D eigenvalue weighted by atomic mass is 19.4. The molecule has 0 radical (unpaired) electrons. The van der Waals surface area contributed by atoms with Crippen molar-refractivity contribution in [3.8, 4) is 33.9 Å². The fourth-order valence-corrected chi connectivity index (χ4v) is 4.30. The number of pyridine rings is 1. The van der Waals surface area contributed by atoms with E-state index in [4.69, 9.17) is 14.2 Å². The van der Waals surface area contributed by atoms with Crippen molar-refractivity contribution in [1.82, 2.24) is 19.2 Å². The van der Waals surface area contributed by atoms with Gasteiger partial charge in [-0.25, -0.2) is 4.98 Å². The van der Waals surface area contributed by atoms with Crippen LogP contribution < -0.4 is 9.47 Å². The van der Waals surface area contributed by atoms with Gasteiger partial charge in [-0.2, -0.15) is 18.3 Å². The standard InChI is InChI=1S/C28H29F3N4O5/c1-27(2,24(37)16-38-3)35-15-19(13-33-35)17-7-9-34-20(14-32-25(34)12-17)18-10-22(39-4)26(23(11-18)40-5)21(36)6-8-28(29,30)31/h7,9-15H,6,8,16H2,1-5H3. The van der Waals surface area contributed by atoms with Gasteiger partial charge in [-0.3, -0.25) is 18.7 Å². The van der Waals surface area contributed by atoms with Crippen LogP contribution in [0.15, 0.2) is 49.1 Å². The van der Waals surface area contributed by atoms with E-state index in [0.29, 0.717) is 16.9 Å². The van der Waals surface area contributed by atoms with Crippen LogP contribution in [0.1, 0.15) is 37.0 Å². The van der Waals surface area contributed by atoms with Gasteiger partial charge in [-0.1, -0.05) is 0 Å². The maximum Gasteiger partial charge on any atom is 0.389 e. The van der Waals surface area contributed by atoms with E-state index in [1.807, 2.05) is 22.7 Å². The molecule has 0 aliphatic carbocycles. The number of hydrogen-bond acceptors (Lipinski definition) is 7. The zero-order valence-electron chi connectivity index (χ0n) is 22.7. The Kier molecular flexibility index (Phi) is 8.01. The normalized spacial score (nSPS) is 12.1. The van der Waals surface area contributed by atoms with Crippen LogP contribution in [0.25, 0.3) is 28.0 Å². The molecular weight excluding hydrogens is 529 g/mol. The summed E-state index contributed by atoms with van der Waals surface area (Å²) in [5.74, 6) is -0.637. The van der Waals surface area contributed by atoms with Crippen LogP contribution >= 0.6 is 0 Å². The lowest BCUT2D eigenvalue weighted by Crippen LogP contribution is -2.38. The first-order chi connectivity index (χ1) is 18.9. The highest BCUT2D eigenvalue weighted by molar-refractivity contribution is 6.02. The summed E-state index contributed by atoms with van der Waals surface area (Å²) >= 11 is 0. The molecule has 3 aromatic heterocycles. The maximum atomic E-state index is 12.7. The molecular formula is C28H29F3N4O5. The summed E-state index contributed by atoms with van der Waals surface area (Å²) in [6.45, 7) is 3.52. The number of methoxy groups -OCH3 is 3. The summed E-state index contributed by atoms with van der Waals surface area (Å²) in [6.07, 6.45) is 0.482. The molecule has 9 nitrogen and oxygen atoms in total. The molecule has 0 bridgehead atoms. The summed E-state index contributed by atoms with van der Waals surface area (Å²) in [7, 11) is 4.14. The summed E-state index contributed by atoms with van der Waals surface area (Å²) in [6, 6.07) is 6.87. The van der Waals surface area contributed by atoms with Gasteiger partial charge >= 0.3 is 6.18 Å². The first kappa shape index (κ1) is 28.8. The van der Waals surface area contributed by atoms with E-state index in [9.17, 15) is 22.8 Å². The first-order valence-corrected chi connectivity index (χ1v) is 12.3. The molecule has 4 rings (SSSR count). The average Bonchev–Trinajstić information content (AvgIpc) is 3.58. The molecule has 4 aromatic rings. The fourth-order valence-electron chi connectivity index (χ4n) is 4.30. The lowest BCUT2D eigenvalue weighted by Gasteiger charge is -2.23. The number of hydrogen-bond donors (Lipinski definition) is 0. The second-order valence-electron chi connectivity index (χ2n) is 9.67. The van der Waals surface area contributed by atoms with Gasteiger partial charge in [0.25, 0.3) is 0 Å². The van der Waals surface area contributed by atoms with E-state index in [1.54, 1.807) is 49.3 Å². The van der Waals surface area contributed by atoms with Gasteiger partial charge < -0.3 is 14.2 Å². The fraction of sp³-hybridized carbons (Fsp3) is 0.357. The largest absolute Gasteiger partial charge is 0.496 e. The minimum atomic E-state index is -4.46. The zero-order chi connectivity index (χ0) is 29.2. The number of rotatable bonds is 11. The molecule has 0 unspecified atom stereocenters. The average molecular weight is 559 g/mol. The molecule has 0 aliphatic rings. The molecule has 0 saturated heterocycles. The lowest BCUT2D eigenvalue weighted by molar-refractivity contribution is -0.133. The van der Waals surface area contributed by atoms with Crippen molar-refractivity contribution in [2.45, 2.75) is 38.4 Å². The monoisotopic (exact) mass is 558 g/mol. The van der Waals surface area contributed by atoms with Crippen LogP contribution in [-0.2, 0) is 15.1 Å². The number of Topliss-reactive ketones (excluding diaryl/α,β-unsaturated/α-hetero) is 2. The molecule has 3 heterocycles. The third-order valence-corrected chi connectivity index (χ3v) is 6.68. The topological polar surface area (TPSA) is 97.0 Å². The molecule has 212 valence electrons. The third-order valence-electron chi connectivity index (χ3n) is 6.68. The smallest absolute Gasteiger partial charge is 0.389 e. The highest BCUT2D eigenvalue weighted by Gasteiger charge is 2.31. The highest BCUT2D eigenvalue weighted by Crippen LogP contribution is 2.37. The van der Waals surface area contributed by atoms with Crippen molar-refractivity contribution < 1.29 is 37.0 Å². The molecule has 40 heavy (non-hydrogen) atoms. The second-order valence-corrected chi connectivity index (χ2v) is 9.67. The van der Waals surface area contributed by atoms with Gasteiger partial charge in [-0.15, -0.1) is 0 Å². The minimum Gasteiger partial charge on any atom is -0.496 e. The van der Waals surface area contributed by atoms with E-state index >= 15 is 0 Å². The summed E-state index contributed by atoms with van der Waals surface area (Å²) in [5.41, 5.74) is 2.53. The lowest BCUT2D eigenvalue weighted by atomic mass is 10.00. The molecule has 0 spiro atoms. The minimum absolute atomic E-state index is 0.0245. The number of alkyl halides is 3. The first-order valence-electron chi connectivity index (χ1n) is 12.3. The number of benzene rings is 1. The predicted molar refractivity (Wildman–Crippen MR) is 141 cm³/mol. The number of carbonyl (C=O) groups excluding carboxylic acids is 2. The Morgan fingerprint density at radius 1 is 0.950 bits per heavy atom. The number of ketones is 2. The van der Waals surface area contributed by atoms with Crippen molar-refractivity contribution in [2.75, 3.05) is 27.9 Å². The molecule has 0 atom stereocenters. The van der Waals surface area contributed by atoms with Crippen LogP contribution in [0.4, 0.5) is 13.2 Å². The Morgan fingerprint density at radius 3 is 2.23 bits per heavy atom. The molecule has 12 heteroatoms. The van der Waals surface area contributed by atoms with Gasteiger partial charge in [0.1, 0.15) is 34.9 Å². The Labute approximate surface area is 228 Å². The molecule has 1 aromatic carbocycles. The van der Waals surface area contributed by atoms with Gasteiger partial charge in [-0.05, 0) is 43.7 Å². The number of carbonyl (C=O) groups is 2. The van der Waals surface area contributed by atoms with E-state index < -0.39 is 30.3 Å². The Balaban J connectivity index is 1.68. The van der Waals surface area contributed by atoms with E-state index in [2.05, 4.69) is 10.1 Å². The number of nitrogens with zero attached hydrogens (tertiary/aromatic N) is 4. The molecule has 0 amide bonds. The van der Waals surface area contributed by atoms with Crippen LogP contribution in [-0.4, -0.2) is 64.8 Å². The summed E-state index contributed by atoms with van der Waals surface area (Å²) < 4.78 is 57.3. The second kappa shape index (κ2) is 11.1. The van der Waals surface area contributed by atoms with Crippen LogP contribution in [0.2, 0.25) is 0 Å². The van der Waals surface area contributed by atoms with Crippen molar-refractivity contribution in [2.24, 2.45) is 0 Å². The molecule has 0 fully saturated rings. The quantitative estimate of drug-likeness (QED) is 0.229. The summed E-state index contributed by atoms with van der Waals surface area (Å²) in [4.78, 5) is 29.6. The van der Waals surface area contributed by atoms with Crippen molar-refractivity contribution in [3.63, 3.8) is 0 Å². The number of fused-ring (bicyclic) bond motifs is 1. The summed E-state index contributed by atoms with van der Waals surface area (Å²) in [5, 5.41) is 4.38. The van der Waals surface area contributed by atoms with E-state index in [-0.39, 0.29) is 29.5 Å². The Bertz CT molecular complexity index is 1530. The molecule has 0 N–H and O–H groups in total. The third kappa shape index (κ3) is 5.71. The van der Waals surface area contributed by atoms with Crippen LogP contribution in [0.3, 0.4) is 0 Å². The van der Waals surface area contributed by atoms with Gasteiger partial charge in [0, 0.05) is 37.1 Å². The van der Waals surface area contributed by atoms with Crippen molar-refractivity contribution in [1.29, 1.82) is 0 Å². The van der Waals surface area contributed by atoms with Gasteiger partial charge in [0.05, 0.1) is 38.7 Å². The van der Waals surface area contributed by atoms with E-state index in [0.717, 1.165) is 11.1 Å². The van der Waals surface area contributed by atoms with Crippen molar-refractivity contribution >= 4 is 17.2 Å². The van der Waals surface area contributed by atoms with Crippen LogP contribution in [0.5, 0.6) is 11.5 Å². The molecule has 0 saturated carbocycles.